The van der Waals surface area contributed by atoms with Crippen molar-refractivity contribution in [2.24, 2.45) is 0 Å². The van der Waals surface area contributed by atoms with E-state index in [0.717, 1.165) is 12.8 Å². The number of aliphatic carboxylic acids is 1. The van der Waals surface area contributed by atoms with Crippen molar-refractivity contribution >= 4 is 17.7 Å². The monoisotopic (exact) mass is 292 g/mol. The lowest BCUT2D eigenvalue weighted by atomic mass is 10.0. The summed E-state index contributed by atoms with van der Waals surface area (Å²) < 4.78 is 5.01. The molecule has 0 saturated carbocycles. The van der Waals surface area contributed by atoms with Gasteiger partial charge in [-0.2, -0.15) is 0 Å². The number of unbranched alkanes of at least 4 members (excludes halogenated alkanes) is 3. The molecule has 0 aliphatic rings. The van der Waals surface area contributed by atoms with Crippen molar-refractivity contribution in [3.63, 3.8) is 0 Å². The number of carbonyl (C=O) groups excluding carboxylic acids is 2. The van der Waals surface area contributed by atoms with Crippen LogP contribution in [0.25, 0.3) is 0 Å². The number of Topliss-reactive ketones (excluding diaryl/α,β-unsaturated/α-hetero) is 1. The number of hydrogen-bond acceptors (Lipinski definition) is 4. The predicted molar refractivity (Wildman–Crippen MR) is 77.4 cm³/mol. The van der Waals surface area contributed by atoms with E-state index in [1.165, 1.54) is 6.92 Å². The number of para-hydroxylation sites is 1. The van der Waals surface area contributed by atoms with E-state index in [4.69, 9.17) is 9.84 Å². The van der Waals surface area contributed by atoms with Crippen LogP contribution in [0.2, 0.25) is 0 Å². The number of carboxylic acids is 1. The van der Waals surface area contributed by atoms with Gasteiger partial charge in [0.25, 0.3) is 0 Å². The van der Waals surface area contributed by atoms with E-state index in [-0.39, 0.29) is 12.2 Å². The smallest absolute Gasteiger partial charge is 0.308 e. The molecule has 1 aromatic rings. The molecular weight excluding hydrogens is 272 g/mol. The molecule has 0 aliphatic heterocycles. The van der Waals surface area contributed by atoms with Crippen LogP contribution in [0.15, 0.2) is 24.3 Å². The summed E-state index contributed by atoms with van der Waals surface area (Å²) in [7, 11) is 0. The number of rotatable bonds is 9. The quantitative estimate of drug-likeness (QED) is 0.327. The summed E-state index contributed by atoms with van der Waals surface area (Å²) in [6.07, 6.45) is 3.48. The van der Waals surface area contributed by atoms with Crippen LogP contribution < -0.4 is 4.74 Å². The maximum Gasteiger partial charge on any atom is 0.308 e. The molecule has 1 N–H and O–H groups in total. The summed E-state index contributed by atoms with van der Waals surface area (Å²) in [6.45, 7) is 1.30. The summed E-state index contributed by atoms with van der Waals surface area (Å²) in [5, 5.41) is 8.51. The molecule has 5 nitrogen and oxygen atoms in total. The van der Waals surface area contributed by atoms with Gasteiger partial charge in [0, 0.05) is 19.8 Å². The zero-order chi connectivity index (χ0) is 15.7. The highest BCUT2D eigenvalue weighted by molar-refractivity contribution is 5.99. The Kier molecular flexibility index (Phi) is 7.15. The van der Waals surface area contributed by atoms with Crippen molar-refractivity contribution < 1.29 is 24.2 Å². The van der Waals surface area contributed by atoms with Gasteiger partial charge in [-0.3, -0.25) is 14.4 Å². The summed E-state index contributed by atoms with van der Waals surface area (Å²) in [5.41, 5.74) is 0.415. The van der Waals surface area contributed by atoms with Crippen LogP contribution in [0.1, 0.15) is 55.8 Å². The zero-order valence-corrected chi connectivity index (χ0v) is 12.1. The number of benzene rings is 1. The topological polar surface area (TPSA) is 80.7 Å². The molecule has 0 bridgehead atoms. The molecule has 114 valence electrons. The molecule has 0 saturated heterocycles. The van der Waals surface area contributed by atoms with Gasteiger partial charge in [-0.1, -0.05) is 25.0 Å². The van der Waals surface area contributed by atoms with Crippen LogP contribution in [0, 0.1) is 0 Å². The molecule has 5 heteroatoms. The van der Waals surface area contributed by atoms with Crippen molar-refractivity contribution in [3.05, 3.63) is 29.8 Å². The van der Waals surface area contributed by atoms with Gasteiger partial charge in [-0.05, 0) is 25.0 Å². The summed E-state index contributed by atoms with van der Waals surface area (Å²) in [4.78, 5) is 33.5. The molecule has 0 fully saturated rings. The second-order valence-corrected chi connectivity index (χ2v) is 4.82. The Morgan fingerprint density at radius 2 is 1.62 bits per heavy atom. The van der Waals surface area contributed by atoms with E-state index in [1.54, 1.807) is 24.3 Å². The van der Waals surface area contributed by atoms with E-state index >= 15 is 0 Å². The van der Waals surface area contributed by atoms with E-state index in [0.29, 0.717) is 30.6 Å². The largest absolute Gasteiger partial charge is 0.481 e. The third-order valence-electron chi connectivity index (χ3n) is 2.99. The lowest BCUT2D eigenvalue weighted by Crippen LogP contribution is -2.07. The van der Waals surface area contributed by atoms with Crippen molar-refractivity contribution in [2.45, 2.75) is 45.4 Å². The van der Waals surface area contributed by atoms with Crippen LogP contribution in [-0.4, -0.2) is 22.8 Å². The standard InChI is InChI=1S/C16H20O5/c1-12(17)21-15-10-7-6-8-13(15)14(18)9-4-2-3-5-11-16(19)20/h6-8,10H,2-5,9,11H2,1H3,(H,19,20). The number of ether oxygens (including phenoxy) is 1. The molecule has 0 unspecified atom stereocenters. The summed E-state index contributed by atoms with van der Waals surface area (Å²) >= 11 is 0. The molecule has 0 aliphatic carbocycles. The molecule has 0 aromatic heterocycles. The number of hydrogen-bond donors (Lipinski definition) is 1. The molecule has 0 atom stereocenters. The van der Waals surface area contributed by atoms with Gasteiger partial charge >= 0.3 is 11.9 Å². The lowest BCUT2D eigenvalue weighted by molar-refractivity contribution is -0.137. The fraction of sp³-hybridized carbons (Fsp3) is 0.438. The van der Waals surface area contributed by atoms with Crippen LogP contribution in [0.3, 0.4) is 0 Å². The van der Waals surface area contributed by atoms with Crippen molar-refractivity contribution in [1.29, 1.82) is 0 Å². The molecule has 0 heterocycles. The van der Waals surface area contributed by atoms with Gasteiger partial charge < -0.3 is 9.84 Å². The number of esters is 1. The minimum atomic E-state index is -0.790. The second kappa shape index (κ2) is 8.89. The molecule has 21 heavy (non-hydrogen) atoms. The molecule has 0 amide bonds. The Labute approximate surface area is 123 Å². The number of carboxylic acid groups (broad SMARTS) is 1. The van der Waals surface area contributed by atoms with Crippen molar-refractivity contribution in [1.82, 2.24) is 0 Å². The molecule has 0 radical (unpaired) electrons. The molecular formula is C16H20O5. The maximum atomic E-state index is 12.1. The number of ketones is 1. The Morgan fingerprint density at radius 3 is 2.24 bits per heavy atom. The van der Waals surface area contributed by atoms with E-state index < -0.39 is 11.9 Å². The highest BCUT2D eigenvalue weighted by atomic mass is 16.5. The van der Waals surface area contributed by atoms with E-state index in [1.807, 2.05) is 0 Å². The van der Waals surface area contributed by atoms with Crippen LogP contribution in [-0.2, 0) is 9.59 Å². The maximum absolute atomic E-state index is 12.1. The first-order valence-corrected chi connectivity index (χ1v) is 7.03. The fourth-order valence-electron chi connectivity index (χ4n) is 1.99. The molecule has 1 rings (SSSR count). The van der Waals surface area contributed by atoms with Crippen LogP contribution >= 0.6 is 0 Å². The fourth-order valence-corrected chi connectivity index (χ4v) is 1.99. The third kappa shape index (κ3) is 6.70. The average molecular weight is 292 g/mol. The minimum absolute atomic E-state index is 0.0647. The van der Waals surface area contributed by atoms with E-state index in [2.05, 4.69) is 0 Å². The lowest BCUT2D eigenvalue weighted by Gasteiger charge is -2.07. The van der Waals surface area contributed by atoms with Gasteiger partial charge in [0.05, 0.1) is 5.56 Å². The van der Waals surface area contributed by atoms with E-state index in [9.17, 15) is 14.4 Å². The Hall–Kier alpha value is -2.17. The van der Waals surface area contributed by atoms with Gasteiger partial charge in [-0.25, -0.2) is 0 Å². The van der Waals surface area contributed by atoms with Gasteiger partial charge in [0.2, 0.25) is 0 Å². The average Bonchev–Trinajstić information content (AvgIpc) is 2.42. The summed E-state index contributed by atoms with van der Waals surface area (Å²) in [5.74, 6) is -1.02. The Balaban J connectivity index is 2.41. The highest BCUT2D eigenvalue weighted by Crippen LogP contribution is 2.21. The van der Waals surface area contributed by atoms with Crippen molar-refractivity contribution in [3.8, 4) is 5.75 Å². The second-order valence-electron chi connectivity index (χ2n) is 4.82. The van der Waals surface area contributed by atoms with Gasteiger partial charge in [-0.15, -0.1) is 0 Å². The first-order valence-electron chi connectivity index (χ1n) is 7.03. The first kappa shape index (κ1) is 16.9. The number of carbonyl (C=O) groups is 3. The first-order chi connectivity index (χ1) is 10.0. The van der Waals surface area contributed by atoms with Crippen molar-refractivity contribution in [2.75, 3.05) is 0 Å². The van der Waals surface area contributed by atoms with Crippen LogP contribution in [0.4, 0.5) is 0 Å². The molecule has 1 aromatic carbocycles. The third-order valence-corrected chi connectivity index (χ3v) is 2.99. The Morgan fingerprint density at radius 1 is 1.00 bits per heavy atom. The van der Waals surface area contributed by atoms with Crippen LogP contribution in [0.5, 0.6) is 5.75 Å². The highest BCUT2D eigenvalue weighted by Gasteiger charge is 2.13. The SMILES string of the molecule is CC(=O)Oc1ccccc1C(=O)CCCCCCC(=O)O. The summed E-state index contributed by atoms with van der Waals surface area (Å²) in [6, 6.07) is 6.68. The molecule has 0 spiro atoms. The minimum Gasteiger partial charge on any atom is -0.481 e. The Bertz CT molecular complexity index is 507. The predicted octanol–water partition coefficient (Wildman–Crippen LogP) is 3.22. The van der Waals surface area contributed by atoms with Gasteiger partial charge in [0.15, 0.2) is 5.78 Å². The normalized spacial score (nSPS) is 10.1. The zero-order valence-electron chi connectivity index (χ0n) is 12.1. The van der Waals surface area contributed by atoms with Gasteiger partial charge in [0.1, 0.15) is 5.75 Å².